The molecule has 0 spiro atoms. The number of carbonyl (C=O) groups excluding carboxylic acids is 2. The fourth-order valence-electron chi connectivity index (χ4n) is 1.75. The summed E-state index contributed by atoms with van der Waals surface area (Å²) >= 11 is 0. The molecule has 0 heterocycles. The topological polar surface area (TPSA) is 72.6 Å². The van der Waals surface area contributed by atoms with Crippen molar-refractivity contribution in [2.24, 2.45) is 5.73 Å². The predicted octanol–water partition coefficient (Wildman–Crippen LogP) is 1.70. The molecule has 5 nitrogen and oxygen atoms in total. The molecule has 0 unspecified atom stereocenters. The first-order valence-electron chi connectivity index (χ1n) is 6.95. The van der Waals surface area contributed by atoms with E-state index in [9.17, 15) is 9.59 Å². The van der Waals surface area contributed by atoms with Gasteiger partial charge in [0.25, 0.3) is 0 Å². The van der Waals surface area contributed by atoms with E-state index in [1.54, 1.807) is 32.7 Å². The lowest BCUT2D eigenvalue weighted by molar-refractivity contribution is -0.158. The summed E-state index contributed by atoms with van der Waals surface area (Å²) in [6.45, 7) is 5.78. The quantitative estimate of drug-likeness (QED) is 0.838. The summed E-state index contributed by atoms with van der Waals surface area (Å²) in [5.74, 6) is -0.735. The van der Waals surface area contributed by atoms with Crippen molar-refractivity contribution in [2.75, 3.05) is 7.05 Å². The molecular formula is C16H24N2O3. The fraction of sp³-hybridized carbons (Fsp3) is 0.500. The smallest absolute Gasteiger partial charge is 0.323 e. The van der Waals surface area contributed by atoms with Crippen molar-refractivity contribution in [3.05, 3.63) is 35.9 Å². The van der Waals surface area contributed by atoms with E-state index in [-0.39, 0.29) is 12.3 Å². The minimum absolute atomic E-state index is 0.0573. The van der Waals surface area contributed by atoms with Crippen LogP contribution in [0, 0.1) is 0 Å². The molecule has 0 aliphatic rings. The Hall–Kier alpha value is -1.88. The summed E-state index contributed by atoms with van der Waals surface area (Å²) < 4.78 is 5.16. The number of esters is 1. The van der Waals surface area contributed by atoms with Crippen LogP contribution in [0.4, 0.5) is 0 Å². The summed E-state index contributed by atoms with van der Waals surface area (Å²) in [6.07, 6.45) is -0.0573. The second kappa shape index (κ2) is 7.22. The molecule has 116 valence electrons. The number of amides is 1. The Morgan fingerprint density at radius 3 is 2.33 bits per heavy atom. The molecule has 0 aliphatic carbocycles. The van der Waals surface area contributed by atoms with Crippen molar-refractivity contribution in [1.82, 2.24) is 4.90 Å². The number of hydrogen-bond acceptors (Lipinski definition) is 4. The van der Waals surface area contributed by atoms with Gasteiger partial charge in [-0.25, -0.2) is 0 Å². The highest BCUT2D eigenvalue weighted by molar-refractivity contribution is 5.85. The molecular weight excluding hydrogens is 268 g/mol. The van der Waals surface area contributed by atoms with Crippen LogP contribution in [-0.4, -0.2) is 35.5 Å². The van der Waals surface area contributed by atoms with E-state index >= 15 is 0 Å². The molecule has 5 heteroatoms. The standard InChI is InChI=1S/C16H24N2O3/c1-16(2,3)21-15(20)13(17)10-14(19)18(4)11-12-8-6-5-7-9-12/h5-9,13H,10-11,17H2,1-4H3/t13-/m0/s1. The minimum Gasteiger partial charge on any atom is -0.459 e. The zero-order chi connectivity index (χ0) is 16.0. The van der Waals surface area contributed by atoms with Crippen molar-refractivity contribution in [1.29, 1.82) is 0 Å². The van der Waals surface area contributed by atoms with Crippen LogP contribution in [0.3, 0.4) is 0 Å². The van der Waals surface area contributed by atoms with E-state index in [0.717, 1.165) is 5.56 Å². The van der Waals surface area contributed by atoms with Gasteiger partial charge in [-0.3, -0.25) is 9.59 Å². The number of benzene rings is 1. The Bertz CT molecular complexity index is 480. The zero-order valence-electron chi connectivity index (χ0n) is 13.1. The Morgan fingerprint density at radius 2 is 1.81 bits per heavy atom. The third kappa shape index (κ3) is 6.40. The molecule has 0 aromatic heterocycles. The van der Waals surface area contributed by atoms with Crippen LogP contribution < -0.4 is 5.73 Å². The summed E-state index contributed by atoms with van der Waals surface area (Å²) in [5.41, 5.74) is 6.16. The van der Waals surface area contributed by atoms with Crippen molar-refractivity contribution in [2.45, 2.75) is 45.4 Å². The Kier molecular flexibility index (Phi) is 5.90. The SMILES string of the molecule is CN(Cc1ccccc1)C(=O)C[C@H](N)C(=O)OC(C)(C)C. The largest absolute Gasteiger partial charge is 0.459 e. The molecule has 2 N–H and O–H groups in total. The van der Waals surface area contributed by atoms with Crippen LogP contribution in [0.25, 0.3) is 0 Å². The molecule has 1 aromatic carbocycles. The summed E-state index contributed by atoms with van der Waals surface area (Å²) in [7, 11) is 1.69. The van der Waals surface area contributed by atoms with Crippen molar-refractivity contribution in [3.63, 3.8) is 0 Å². The van der Waals surface area contributed by atoms with E-state index in [1.165, 1.54) is 0 Å². The second-order valence-corrected chi connectivity index (χ2v) is 6.08. The van der Waals surface area contributed by atoms with Crippen LogP contribution in [0.15, 0.2) is 30.3 Å². The average molecular weight is 292 g/mol. The third-order valence-electron chi connectivity index (χ3n) is 2.79. The maximum Gasteiger partial charge on any atom is 0.323 e. The highest BCUT2D eigenvalue weighted by atomic mass is 16.6. The fourth-order valence-corrected chi connectivity index (χ4v) is 1.75. The number of ether oxygens (including phenoxy) is 1. The Morgan fingerprint density at radius 1 is 1.24 bits per heavy atom. The second-order valence-electron chi connectivity index (χ2n) is 6.08. The number of nitrogens with zero attached hydrogens (tertiary/aromatic N) is 1. The molecule has 1 amide bonds. The van der Waals surface area contributed by atoms with E-state index in [0.29, 0.717) is 6.54 Å². The average Bonchev–Trinajstić information content (AvgIpc) is 2.37. The number of nitrogens with two attached hydrogens (primary N) is 1. The molecule has 0 bridgehead atoms. The van der Waals surface area contributed by atoms with Gasteiger partial charge in [0, 0.05) is 13.6 Å². The van der Waals surface area contributed by atoms with Gasteiger partial charge >= 0.3 is 5.97 Å². The van der Waals surface area contributed by atoms with Gasteiger partial charge in [-0.15, -0.1) is 0 Å². The molecule has 1 atom stereocenters. The zero-order valence-corrected chi connectivity index (χ0v) is 13.1. The lowest BCUT2D eigenvalue weighted by Gasteiger charge is -2.23. The molecule has 21 heavy (non-hydrogen) atoms. The first-order chi connectivity index (χ1) is 9.69. The van der Waals surface area contributed by atoms with Gasteiger partial charge < -0.3 is 15.4 Å². The summed E-state index contributed by atoms with van der Waals surface area (Å²) in [5, 5.41) is 0. The highest BCUT2D eigenvalue weighted by Crippen LogP contribution is 2.10. The maximum absolute atomic E-state index is 12.1. The van der Waals surface area contributed by atoms with Gasteiger partial charge in [0.2, 0.25) is 5.91 Å². The third-order valence-corrected chi connectivity index (χ3v) is 2.79. The van der Waals surface area contributed by atoms with Crippen LogP contribution in [0.5, 0.6) is 0 Å². The molecule has 0 saturated heterocycles. The highest BCUT2D eigenvalue weighted by Gasteiger charge is 2.25. The molecule has 1 rings (SSSR count). The van der Waals surface area contributed by atoms with E-state index in [2.05, 4.69) is 0 Å². The predicted molar refractivity (Wildman–Crippen MR) is 81.4 cm³/mol. The Labute approximate surface area is 126 Å². The van der Waals surface area contributed by atoms with Gasteiger partial charge in [0.05, 0.1) is 6.42 Å². The van der Waals surface area contributed by atoms with E-state index in [4.69, 9.17) is 10.5 Å². The van der Waals surface area contributed by atoms with Gasteiger partial charge in [-0.2, -0.15) is 0 Å². The molecule has 1 aromatic rings. The summed E-state index contributed by atoms with van der Waals surface area (Å²) in [4.78, 5) is 25.4. The lowest BCUT2D eigenvalue weighted by atomic mass is 10.1. The van der Waals surface area contributed by atoms with E-state index in [1.807, 2.05) is 30.3 Å². The number of hydrogen-bond donors (Lipinski definition) is 1. The molecule has 0 fully saturated rings. The first-order valence-corrected chi connectivity index (χ1v) is 6.95. The van der Waals surface area contributed by atoms with Crippen LogP contribution in [0.2, 0.25) is 0 Å². The lowest BCUT2D eigenvalue weighted by Crippen LogP contribution is -2.41. The van der Waals surface area contributed by atoms with E-state index < -0.39 is 17.6 Å². The number of rotatable bonds is 5. The molecule has 0 radical (unpaired) electrons. The first kappa shape index (κ1) is 17.2. The molecule has 0 saturated carbocycles. The normalized spacial score (nSPS) is 12.6. The Balaban J connectivity index is 2.50. The van der Waals surface area contributed by atoms with Crippen molar-refractivity contribution in [3.8, 4) is 0 Å². The monoisotopic (exact) mass is 292 g/mol. The van der Waals surface area contributed by atoms with Gasteiger partial charge in [-0.05, 0) is 26.3 Å². The van der Waals surface area contributed by atoms with Crippen molar-refractivity contribution >= 4 is 11.9 Å². The summed E-state index contributed by atoms with van der Waals surface area (Å²) in [6, 6.07) is 8.70. The minimum atomic E-state index is -0.935. The van der Waals surface area contributed by atoms with Crippen LogP contribution in [-0.2, 0) is 20.9 Å². The molecule has 0 aliphatic heterocycles. The van der Waals surface area contributed by atoms with Crippen LogP contribution >= 0.6 is 0 Å². The van der Waals surface area contributed by atoms with Crippen LogP contribution in [0.1, 0.15) is 32.8 Å². The maximum atomic E-state index is 12.1. The van der Waals surface area contributed by atoms with Gasteiger partial charge in [0.1, 0.15) is 11.6 Å². The van der Waals surface area contributed by atoms with Gasteiger partial charge in [0.15, 0.2) is 0 Å². The van der Waals surface area contributed by atoms with Crippen molar-refractivity contribution < 1.29 is 14.3 Å². The number of carbonyl (C=O) groups is 2. The van der Waals surface area contributed by atoms with Gasteiger partial charge in [-0.1, -0.05) is 30.3 Å².